The number of carbonyl (C=O) groups is 1. The summed E-state index contributed by atoms with van der Waals surface area (Å²) < 4.78 is 5.52. The number of aromatic carboxylic acids is 1. The molecule has 1 N–H and O–H groups in total. The predicted molar refractivity (Wildman–Crippen MR) is 80.2 cm³/mol. The summed E-state index contributed by atoms with van der Waals surface area (Å²) in [7, 11) is 0. The quantitative estimate of drug-likeness (QED) is 0.924. The van der Waals surface area contributed by atoms with Gasteiger partial charge < -0.3 is 9.84 Å². The molecule has 0 amide bonds. The van der Waals surface area contributed by atoms with E-state index in [0.717, 1.165) is 5.56 Å². The van der Waals surface area contributed by atoms with Crippen molar-refractivity contribution in [1.82, 2.24) is 0 Å². The van der Waals surface area contributed by atoms with Crippen molar-refractivity contribution in [2.24, 2.45) is 0 Å². The van der Waals surface area contributed by atoms with Crippen LogP contribution >= 0.6 is 0 Å². The fourth-order valence-electron chi connectivity index (χ4n) is 1.54. The summed E-state index contributed by atoms with van der Waals surface area (Å²) in [5.41, 5.74) is 1.78. The predicted octanol–water partition coefficient (Wildman–Crippen LogP) is 3.86. The Bertz CT molecular complexity index is 610. The van der Waals surface area contributed by atoms with Gasteiger partial charge in [0.1, 0.15) is 12.4 Å². The zero-order valence-electron chi connectivity index (χ0n) is 12.0. The summed E-state index contributed by atoms with van der Waals surface area (Å²) in [6, 6.07) is 15.4. The molecule has 0 radical (unpaired) electrons. The topological polar surface area (TPSA) is 70.3 Å². The van der Waals surface area contributed by atoms with Gasteiger partial charge in [0.2, 0.25) is 0 Å². The van der Waals surface area contributed by atoms with Crippen LogP contribution in [0.4, 0.5) is 0 Å². The lowest BCUT2D eigenvalue weighted by molar-refractivity contribution is 0.0697. The minimum absolute atomic E-state index is 0.228. The average molecular weight is 283 g/mol. The number of benzene rings is 2. The van der Waals surface area contributed by atoms with E-state index in [9.17, 15) is 4.79 Å². The van der Waals surface area contributed by atoms with E-state index in [4.69, 9.17) is 15.1 Å². The molecule has 0 unspecified atom stereocenters. The van der Waals surface area contributed by atoms with Gasteiger partial charge in [-0.2, -0.15) is 5.26 Å². The molecule has 0 spiro atoms. The van der Waals surface area contributed by atoms with Gasteiger partial charge in [0.25, 0.3) is 0 Å². The molecule has 0 bridgehead atoms. The Morgan fingerprint density at radius 3 is 2.14 bits per heavy atom. The number of ether oxygens (including phenoxy) is 1. The largest absolute Gasteiger partial charge is 0.489 e. The SMILES string of the molecule is CC.N#Cc1ccc(COc2ccc(C(=O)O)cc2)cc1. The van der Waals surface area contributed by atoms with Crippen LogP contribution in [0, 0.1) is 11.3 Å². The van der Waals surface area contributed by atoms with Gasteiger partial charge >= 0.3 is 5.97 Å². The van der Waals surface area contributed by atoms with Crippen LogP contribution in [0.15, 0.2) is 48.5 Å². The summed E-state index contributed by atoms with van der Waals surface area (Å²) in [6.07, 6.45) is 0. The number of rotatable bonds is 4. The summed E-state index contributed by atoms with van der Waals surface area (Å²) >= 11 is 0. The molecule has 2 aromatic carbocycles. The van der Waals surface area contributed by atoms with Crippen LogP contribution < -0.4 is 4.74 Å². The molecular weight excluding hydrogens is 266 g/mol. The second-order valence-corrected chi connectivity index (χ2v) is 3.93. The van der Waals surface area contributed by atoms with Gasteiger partial charge in [-0.1, -0.05) is 26.0 Å². The van der Waals surface area contributed by atoms with Gasteiger partial charge in [-0.15, -0.1) is 0 Å². The third-order valence-corrected chi connectivity index (χ3v) is 2.59. The number of hydrogen-bond donors (Lipinski definition) is 1. The first-order chi connectivity index (χ1) is 10.2. The summed E-state index contributed by atoms with van der Waals surface area (Å²) in [5, 5.41) is 17.4. The van der Waals surface area contributed by atoms with Crippen LogP contribution in [0.5, 0.6) is 5.75 Å². The van der Waals surface area contributed by atoms with Gasteiger partial charge in [0.15, 0.2) is 0 Å². The van der Waals surface area contributed by atoms with Crippen molar-refractivity contribution >= 4 is 5.97 Å². The molecule has 0 saturated heterocycles. The number of carboxylic acid groups (broad SMARTS) is 1. The van der Waals surface area contributed by atoms with Gasteiger partial charge in [-0.3, -0.25) is 0 Å². The van der Waals surface area contributed by atoms with E-state index in [2.05, 4.69) is 0 Å². The molecule has 0 aliphatic rings. The van der Waals surface area contributed by atoms with Gasteiger partial charge in [0.05, 0.1) is 17.2 Å². The Balaban J connectivity index is 0.00000106. The zero-order chi connectivity index (χ0) is 15.7. The van der Waals surface area contributed by atoms with Crippen molar-refractivity contribution in [3.05, 3.63) is 65.2 Å². The molecular formula is C17H17NO3. The highest BCUT2D eigenvalue weighted by atomic mass is 16.5. The Morgan fingerprint density at radius 1 is 1.10 bits per heavy atom. The van der Waals surface area contributed by atoms with E-state index in [1.165, 1.54) is 12.1 Å². The normalized spacial score (nSPS) is 9.00. The van der Waals surface area contributed by atoms with E-state index in [0.29, 0.717) is 17.9 Å². The van der Waals surface area contributed by atoms with Crippen LogP contribution in [0.25, 0.3) is 0 Å². The van der Waals surface area contributed by atoms with Crippen LogP contribution in [0.1, 0.15) is 35.3 Å². The van der Waals surface area contributed by atoms with E-state index in [-0.39, 0.29) is 5.56 Å². The lowest BCUT2D eigenvalue weighted by Gasteiger charge is -2.06. The molecule has 2 rings (SSSR count). The Kier molecular flexibility index (Phi) is 6.49. The van der Waals surface area contributed by atoms with Crippen LogP contribution in [0.2, 0.25) is 0 Å². The first-order valence-electron chi connectivity index (χ1n) is 6.64. The molecule has 4 heteroatoms. The van der Waals surface area contributed by atoms with Crippen molar-refractivity contribution < 1.29 is 14.6 Å². The minimum Gasteiger partial charge on any atom is -0.489 e. The Hall–Kier alpha value is -2.80. The fraction of sp³-hybridized carbons (Fsp3) is 0.176. The van der Waals surface area contributed by atoms with Crippen molar-refractivity contribution in [1.29, 1.82) is 5.26 Å². The third kappa shape index (κ3) is 5.00. The molecule has 0 aliphatic heterocycles. The lowest BCUT2D eigenvalue weighted by atomic mass is 10.1. The van der Waals surface area contributed by atoms with E-state index < -0.39 is 5.97 Å². The molecule has 0 heterocycles. The number of hydrogen-bond acceptors (Lipinski definition) is 3. The number of nitriles is 1. The van der Waals surface area contributed by atoms with Gasteiger partial charge in [-0.25, -0.2) is 4.79 Å². The smallest absolute Gasteiger partial charge is 0.335 e. The number of nitrogens with zero attached hydrogens (tertiary/aromatic N) is 1. The van der Waals surface area contributed by atoms with Crippen LogP contribution in [-0.4, -0.2) is 11.1 Å². The van der Waals surface area contributed by atoms with Gasteiger partial charge in [0, 0.05) is 0 Å². The van der Waals surface area contributed by atoms with E-state index in [1.807, 2.05) is 32.0 Å². The van der Waals surface area contributed by atoms with Crippen LogP contribution in [0.3, 0.4) is 0 Å². The summed E-state index contributed by atoms with van der Waals surface area (Å²) in [6.45, 7) is 4.37. The maximum absolute atomic E-state index is 10.7. The van der Waals surface area contributed by atoms with Crippen molar-refractivity contribution in [2.45, 2.75) is 20.5 Å². The van der Waals surface area contributed by atoms with E-state index in [1.54, 1.807) is 24.3 Å². The number of carboxylic acids is 1. The molecule has 4 nitrogen and oxygen atoms in total. The molecule has 108 valence electrons. The van der Waals surface area contributed by atoms with Crippen molar-refractivity contribution in [3.8, 4) is 11.8 Å². The van der Waals surface area contributed by atoms with Crippen molar-refractivity contribution in [3.63, 3.8) is 0 Å². The van der Waals surface area contributed by atoms with Crippen molar-refractivity contribution in [2.75, 3.05) is 0 Å². The third-order valence-electron chi connectivity index (χ3n) is 2.59. The Morgan fingerprint density at radius 2 is 1.67 bits per heavy atom. The molecule has 21 heavy (non-hydrogen) atoms. The maximum Gasteiger partial charge on any atom is 0.335 e. The molecule has 0 atom stereocenters. The molecule has 0 aromatic heterocycles. The first kappa shape index (κ1) is 16.3. The molecule has 0 fully saturated rings. The lowest BCUT2D eigenvalue weighted by Crippen LogP contribution is -1.98. The van der Waals surface area contributed by atoms with E-state index >= 15 is 0 Å². The second-order valence-electron chi connectivity index (χ2n) is 3.93. The highest BCUT2D eigenvalue weighted by molar-refractivity contribution is 5.87. The van der Waals surface area contributed by atoms with Crippen LogP contribution in [-0.2, 0) is 6.61 Å². The Labute approximate surface area is 124 Å². The highest BCUT2D eigenvalue weighted by Crippen LogP contribution is 2.14. The standard InChI is InChI=1S/C15H11NO3.C2H6/c16-9-11-1-3-12(4-2-11)10-19-14-7-5-13(6-8-14)15(17)18;1-2/h1-8H,10H2,(H,17,18);1-2H3. The molecule has 0 aliphatic carbocycles. The second kappa shape index (κ2) is 8.39. The summed E-state index contributed by atoms with van der Waals surface area (Å²) in [4.78, 5) is 10.7. The highest BCUT2D eigenvalue weighted by Gasteiger charge is 2.02. The maximum atomic E-state index is 10.7. The molecule has 0 saturated carbocycles. The zero-order valence-corrected chi connectivity index (χ0v) is 12.0. The van der Waals surface area contributed by atoms with Gasteiger partial charge in [-0.05, 0) is 42.0 Å². The first-order valence-corrected chi connectivity index (χ1v) is 6.64. The summed E-state index contributed by atoms with van der Waals surface area (Å²) in [5.74, 6) is -0.354. The molecule has 2 aromatic rings. The minimum atomic E-state index is -0.960. The fourth-order valence-corrected chi connectivity index (χ4v) is 1.54. The average Bonchev–Trinajstić information content (AvgIpc) is 2.55. The monoisotopic (exact) mass is 283 g/mol.